The van der Waals surface area contributed by atoms with E-state index in [4.69, 9.17) is 10.00 Å². The topological polar surface area (TPSA) is 61.7 Å². The summed E-state index contributed by atoms with van der Waals surface area (Å²) >= 11 is 0. The van der Waals surface area contributed by atoms with Crippen molar-refractivity contribution < 1.29 is 4.74 Å². The summed E-state index contributed by atoms with van der Waals surface area (Å²) in [6.07, 6.45) is 0. The number of rotatable bonds is 3. The SMILES string of the molecule is CCOc1ccc(-c2[nH]c(C)nc2C#N)cc1. The Kier molecular flexibility index (Phi) is 3.10. The number of hydrogen-bond donors (Lipinski definition) is 1. The van der Waals surface area contributed by atoms with Crippen molar-refractivity contribution in [3.8, 4) is 23.1 Å². The molecule has 0 saturated carbocycles. The Morgan fingerprint density at radius 2 is 2.06 bits per heavy atom. The first-order valence-corrected chi connectivity index (χ1v) is 5.44. The number of nitriles is 1. The molecule has 0 fully saturated rings. The average Bonchev–Trinajstić information content (AvgIpc) is 2.72. The minimum absolute atomic E-state index is 0.423. The van der Waals surface area contributed by atoms with Gasteiger partial charge >= 0.3 is 0 Å². The highest BCUT2D eigenvalue weighted by atomic mass is 16.5. The van der Waals surface area contributed by atoms with Gasteiger partial charge in [-0.25, -0.2) is 4.98 Å². The summed E-state index contributed by atoms with van der Waals surface area (Å²) in [6.45, 7) is 4.42. The minimum atomic E-state index is 0.423. The molecule has 0 aliphatic heterocycles. The molecule has 1 N–H and O–H groups in total. The van der Waals surface area contributed by atoms with E-state index < -0.39 is 0 Å². The highest BCUT2D eigenvalue weighted by Crippen LogP contribution is 2.23. The molecule has 0 bridgehead atoms. The Bertz CT molecular complexity index is 549. The predicted octanol–water partition coefficient (Wildman–Crippen LogP) is 2.66. The number of H-pyrrole nitrogens is 1. The van der Waals surface area contributed by atoms with Gasteiger partial charge in [0.05, 0.1) is 12.3 Å². The lowest BCUT2D eigenvalue weighted by Gasteiger charge is -2.03. The van der Waals surface area contributed by atoms with E-state index in [9.17, 15) is 0 Å². The number of aromatic amines is 1. The molecule has 2 rings (SSSR count). The van der Waals surface area contributed by atoms with Gasteiger partial charge in [-0.2, -0.15) is 5.26 Å². The molecule has 0 atom stereocenters. The number of imidazole rings is 1. The molecule has 0 spiro atoms. The van der Waals surface area contributed by atoms with Gasteiger partial charge in [-0.3, -0.25) is 0 Å². The zero-order chi connectivity index (χ0) is 12.3. The first-order chi connectivity index (χ1) is 8.24. The summed E-state index contributed by atoms with van der Waals surface area (Å²) in [6, 6.07) is 9.68. The Morgan fingerprint density at radius 1 is 1.35 bits per heavy atom. The van der Waals surface area contributed by atoms with Crippen LogP contribution < -0.4 is 4.74 Å². The van der Waals surface area contributed by atoms with E-state index >= 15 is 0 Å². The fraction of sp³-hybridized carbons (Fsp3) is 0.231. The number of aryl methyl sites for hydroxylation is 1. The lowest BCUT2D eigenvalue weighted by atomic mass is 10.1. The molecular weight excluding hydrogens is 214 g/mol. The van der Waals surface area contributed by atoms with Crippen LogP contribution in [0.2, 0.25) is 0 Å². The van der Waals surface area contributed by atoms with E-state index in [-0.39, 0.29) is 0 Å². The standard InChI is InChI=1S/C13H13N3O/c1-3-17-11-6-4-10(5-7-11)13-12(8-14)15-9(2)16-13/h4-7H,3H2,1-2H3,(H,15,16). The summed E-state index contributed by atoms with van der Waals surface area (Å²) in [5.74, 6) is 1.57. The number of aromatic nitrogens is 2. The molecule has 1 aromatic carbocycles. The number of nitrogens with zero attached hydrogens (tertiary/aromatic N) is 2. The van der Waals surface area contributed by atoms with Gasteiger partial charge in [-0.15, -0.1) is 0 Å². The van der Waals surface area contributed by atoms with Crippen LogP contribution in [0.4, 0.5) is 0 Å². The summed E-state index contributed by atoms with van der Waals surface area (Å²) in [5.41, 5.74) is 2.12. The normalized spacial score (nSPS) is 9.94. The summed E-state index contributed by atoms with van der Waals surface area (Å²) in [7, 11) is 0. The lowest BCUT2D eigenvalue weighted by molar-refractivity contribution is 0.340. The molecule has 86 valence electrons. The van der Waals surface area contributed by atoms with Crippen molar-refractivity contribution in [2.45, 2.75) is 13.8 Å². The van der Waals surface area contributed by atoms with Gasteiger partial charge in [0.1, 0.15) is 17.6 Å². The maximum absolute atomic E-state index is 8.97. The van der Waals surface area contributed by atoms with Gasteiger partial charge in [0, 0.05) is 5.56 Å². The molecule has 17 heavy (non-hydrogen) atoms. The van der Waals surface area contributed by atoms with Crippen molar-refractivity contribution in [2.75, 3.05) is 6.61 Å². The summed E-state index contributed by atoms with van der Waals surface area (Å²) in [4.78, 5) is 7.21. The van der Waals surface area contributed by atoms with Crippen LogP contribution in [0, 0.1) is 18.3 Å². The highest BCUT2D eigenvalue weighted by Gasteiger charge is 2.09. The maximum atomic E-state index is 8.97. The fourth-order valence-corrected chi connectivity index (χ4v) is 1.67. The van der Waals surface area contributed by atoms with Crippen LogP contribution in [0.5, 0.6) is 5.75 Å². The van der Waals surface area contributed by atoms with Crippen molar-refractivity contribution in [1.82, 2.24) is 9.97 Å². The quantitative estimate of drug-likeness (QED) is 0.876. The summed E-state index contributed by atoms with van der Waals surface area (Å²) < 4.78 is 5.37. The van der Waals surface area contributed by atoms with E-state index in [0.29, 0.717) is 12.3 Å². The number of benzene rings is 1. The number of ether oxygens (including phenoxy) is 1. The molecule has 1 aromatic heterocycles. The number of nitrogens with one attached hydrogen (secondary N) is 1. The van der Waals surface area contributed by atoms with Crippen LogP contribution in [0.25, 0.3) is 11.3 Å². The van der Waals surface area contributed by atoms with Crippen molar-refractivity contribution in [2.24, 2.45) is 0 Å². The Hall–Kier alpha value is -2.28. The molecule has 0 aliphatic rings. The van der Waals surface area contributed by atoms with E-state index in [2.05, 4.69) is 16.0 Å². The monoisotopic (exact) mass is 227 g/mol. The fourth-order valence-electron chi connectivity index (χ4n) is 1.67. The van der Waals surface area contributed by atoms with Crippen LogP contribution in [-0.4, -0.2) is 16.6 Å². The summed E-state index contributed by atoms with van der Waals surface area (Å²) in [5, 5.41) is 8.97. The Morgan fingerprint density at radius 3 is 2.65 bits per heavy atom. The second-order valence-electron chi connectivity index (χ2n) is 3.62. The molecule has 4 nitrogen and oxygen atoms in total. The molecular formula is C13H13N3O. The third-order valence-electron chi connectivity index (χ3n) is 2.38. The maximum Gasteiger partial charge on any atom is 0.166 e. The van der Waals surface area contributed by atoms with Gasteiger partial charge in [-0.1, -0.05) is 0 Å². The van der Waals surface area contributed by atoms with Crippen molar-refractivity contribution >= 4 is 0 Å². The Balaban J connectivity index is 2.36. The third-order valence-corrected chi connectivity index (χ3v) is 2.38. The van der Waals surface area contributed by atoms with Gasteiger partial charge in [-0.05, 0) is 38.1 Å². The molecule has 2 aromatic rings. The minimum Gasteiger partial charge on any atom is -0.494 e. The van der Waals surface area contributed by atoms with Crippen LogP contribution in [0.1, 0.15) is 18.4 Å². The highest BCUT2D eigenvalue weighted by molar-refractivity contribution is 5.65. The molecule has 0 radical (unpaired) electrons. The zero-order valence-corrected chi connectivity index (χ0v) is 9.82. The first-order valence-electron chi connectivity index (χ1n) is 5.44. The van der Waals surface area contributed by atoms with Crippen LogP contribution in [-0.2, 0) is 0 Å². The van der Waals surface area contributed by atoms with Gasteiger partial charge in [0.25, 0.3) is 0 Å². The smallest absolute Gasteiger partial charge is 0.166 e. The second kappa shape index (κ2) is 4.71. The van der Waals surface area contributed by atoms with Gasteiger partial charge in [0.15, 0.2) is 5.69 Å². The van der Waals surface area contributed by atoms with Gasteiger partial charge in [0.2, 0.25) is 0 Å². The van der Waals surface area contributed by atoms with Crippen molar-refractivity contribution in [3.05, 3.63) is 35.8 Å². The zero-order valence-electron chi connectivity index (χ0n) is 9.82. The molecule has 1 heterocycles. The predicted molar refractivity (Wildman–Crippen MR) is 64.6 cm³/mol. The third kappa shape index (κ3) is 2.28. The molecule has 0 aliphatic carbocycles. The van der Waals surface area contributed by atoms with E-state index in [0.717, 1.165) is 22.8 Å². The van der Waals surface area contributed by atoms with Crippen molar-refractivity contribution in [1.29, 1.82) is 5.26 Å². The van der Waals surface area contributed by atoms with E-state index in [1.54, 1.807) is 0 Å². The molecule has 4 heteroatoms. The van der Waals surface area contributed by atoms with E-state index in [1.165, 1.54) is 0 Å². The second-order valence-corrected chi connectivity index (χ2v) is 3.62. The van der Waals surface area contributed by atoms with Crippen LogP contribution in [0.3, 0.4) is 0 Å². The van der Waals surface area contributed by atoms with E-state index in [1.807, 2.05) is 38.1 Å². The van der Waals surface area contributed by atoms with Crippen LogP contribution >= 0.6 is 0 Å². The number of hydrogen-bond acceptors (Lipinski definition) is 3. The average molecular weight is 227 g/mol. The van der Waals surface area contributed by atoms with Crippen molar-refractivity contribution in [3.63, 3.8) is 0 Å². The molecule has 0 saturated heterocycles. The molecule has 0 unspecified atom stereocenters. The van der Waals surface area contributed by atoms with Crippen LogP contribution in [0.15, 0.2) is 24.3 Å². The first kappa shape index (κ1) is 11.2. The van der Waals surface area contributed by atoms with Gasteiger partial charge < -0.3 is 9.72 Å². The molecule has 0 amide bonds. The largest absolute Gasteiger partial charge is 0.494 e. The Labute approximate surface area is 99.9 Å². The lowest BCUT2D eigenvalue weighted by Crippen LogP contribution is -1.91.